The topological polar surface area (TPSA) is 139 Å². The fraction of sp³-hybridized carbons (Fsp3) is 0.200. The van der Waals surface area contributed by atoms with Crippen LogP contribution in [0.2, 0.25) is 0 Å². The van der Waals surface area contributed by atoms with Crippen molar-refractivity contribution in [2.24, 2.45) is 32.4 Å². The first-order valence-corrected chi connectivity index (χ1v) is 3.06. The van der Waals surface area contributed by atoms with Gasteiger partial charge in [0, 0.05) is 6.21 Å². The monoisotopic (exact) mass is 169 g/mol. The molecule has 0 saturated heterocycles. The van der Waals surface area contributed by atoms with E-state index in [9.17, 15) is 0 Å². The molecule has 0 aliphatic carbocycles. The van der Waals surface area contributed by atoms with Crippen molar-refractivity contribution in [2.45, 2.75) is 0 Å². The summed E-state index contributed by atoms with van der Waals surface area (Å²) < 4.78 is 0. The first kappa shape index (κ1) is 10.1. The molecule has 66 valence electrons. The molecule has 12 heavy (non-hydrogen) atoms. The smallest absolute Gasteiger partial charge is 0.211 e. The molecule has 0 spiro atoms. The fourth-order valence-electron chi connectivity index (χ4n) is 0.328. The summed E-state index contributed by atoms with van der Waals surface area (Å²) in [6.45, 7) is 0.147. The van der Waals surface area contributed by atoms with Crippen LogP contribution in [0.4, 0.5) is 0 Å². The molecule has 0 heterocycles. The molecule has 7 heteroatoms. The molecule has 0 unspecified atom stereocenters. The van der Waals surface area contributed by atoms with E-state index < -0.39 is 0 Å². The van der Waals surface area contributed by atoms with Gasteiger partial charge in [-0.2, -0.15) is 5.10 Å². The highest BCUT2D eigenvalue weighted by atomic mass is 15.3. The van der Waals surface area contributed by atoms with Gasteiger partial charge in [-0.05, 0) is 0 Å². The Hall–Kier alpha value is -1.92. The molecule has 0 amide bonds. The molecule has 0 atom stereocenters. The van der Waals surface area contributed by atoms with E-state index in [0.717, 1.165) is 0 Å². The van der Waals surface area contributed by atoms with Gasteiger partial charge >= 0.3 is 0 Å². The molecule has 0 fully saturated rings. The lowest BCUT2D eigenvalue weighted by Gasteiger charge is -1.85. The number of hydrogen-bond acceptors (Lipinski definition) is 4. The Kier molecular flexibility index (Phi) is 4.90. The molecular formula is C5H11N7. The highest BCUT2D eigenvalue weighted by molar-refractivity contribution is 6.16. The average molecular weight is 169 g/mol. The third-order valence-corrected chi connectivity index (χ3v) is 0.674. The number of amidine groups is 1. The Morgan fingerprint density at radius 2 is 1.92 bits per heavy atom. The van der Waals surface area contributed by atoms with Crippen LogP contribution in [0.3, 0.4) is 0 Å². The van der Waals surface area contributed by atoms with Crippen molar-refractivity contribution < 1.29 is 0 Å². The summed E-state index contributed by atoms with van der Waals surface area (Å²) in [7, 11) is 0. The first-order chi connectivity index (χ1) is 5.63. The number of aliphatic imine (C=N–C) groups is 1. The van der Waals surface area contributed by atoms with Crippen LogP contribution < -0.4 is 17.2 Å². The second-order valence-corrected chi connectivity index (χ2v) is 1.80. The zero-order valence-corrected chi connectivity index (χ0v) is 6.44. The molecule has 0 aromatic carbocycles. The Morgan fingerprint density at radius 3 is 2.42 bits per heavy atom. The van der Waals surface area contributed by atoms with Gasteiger partial charge in [0.15, 0.2) is 0 Å². The van der Waals surface area contributed by atoms with E-state index in [4.69, 9.17) is 22.6 Å². The number of rotatable bonds is 4. The molecule has 0 rings (SSSR count). The van der Waals surface area contributed by atoms with Crippen molar-refractivity contribution in [1.29, 1.82) is 5.41 Å². The predicted molar refractivity (Wildman–Crippen MR) is 49.6 cm³/mol. The Balaban J connectivity index is 3.67. The van der Waals surface area contributed by atoms with Crippen molar-refractivity contribution in [2.75, 3.05) is 6.54 Å². The molecular weight excluding hydrogens is 158 g/mol. The van der Waals surface area contributed by atoms with Gasteiger partial charge < -0.3 is 17.2 Å². The van der Waals surface area contributed by atoms with Crippen molar-refractivity contribution >= 4 is 24.2 Å². The molecule has 0 radical (unpaired) electrons. The Morgan fingerprint density at radius 1 is 1.25 bits per heavy atom. The van der Waals surface area contributed by atoms with E-state index in [0.29, 0.717) is 0 Å². The zero-order chi connectivity index (χ0) is 9.40. The SMILES string of the molecule is N=C(N)CN=C/C=N/N=C(N)N. The maximum Gasteiger partial charge on any atom is 0.211 e. The van der Waals surface area contributed by atoms with Crippen molar-refractivity contribution in [3.05, 3.63) is 0 Å². The zero-order valence-electron chi connectivity index (χ0n) is 6.44. The fourth-order valence-corrected chi connectivity index (χ4v) is 0.328. The number of nitrogens with one attached hydrogen (secondary N) is 1. The highest BCUT2D eigenvalue weighted by Gasteiger charge is 1.79. The molecule has 7 nitrogen and oxygen atoms in total. The third-order valence-electron chi connectivity index (χ3n) is 0.674. The quantitative estimate of drug-likeness (QED) is 0.225. The molecule has 0 aliphatic rings. The Bertz CT molecular complexity index is 222. The summed E-state index contributed by atoms with van der Waals surface area (Å²) in [6, 6.07) is 0. The van der Waals surface area contributed by atoms with E-state index >= 15 is 0 Å². The normalized spacial score (nSPS) is 10.7. The standard InChI is InChI=1S/C5H11N7/c6-4(7)3-10-1-2-11-12-5(8)9/h1-2H,3H2,(H3,6,7)(H4,8,9,12)/b10-1?,11-2+. The van der Waals surface area contributed by atoms with Gasteiger partial charge in [0.05, 0.1) is 12.8 Å². The van der Waals surface area contributed by atoms with Crippen LogP contribution in [0.25, 0.3) is 0 Å². The molecule has 0 aromatic rings. The highest BCUT2D eigenvalue weighted by Crippen LogP contribution is 1.67. The van der Waals surface area contributed by atoms with Crippen molar-refractivity contribution in [1.82, 2.24) is 0 Å². The summed E-state index contributed by atoms with van der Waals surface area (Å²) >= 11 is 0. The average Bonchev–Trinajstić information content (AvgIpc) is 1.95. The molecule has 7 N–H and O–H groups in total. The largest absolute Gasteiger partial charge is 0.386 e. The van der Waals surface area contributed by atoms with Crippen LogP contribution in [0.1, 0.15) is 0 Å². The predicted octanol–water partition coefficient (Wildman–Crippen LogP) is -1.75. The van der Waals surface area contributed by atoms with Gasteiger partial charge in [0.25, 0.3) is 0 Å². The summed E-state index contributed by atoms with van der Waals surface area (Å²) in [4.78, 5) is 3.69. The minimum Gasteiger partial charge on any atom is -0.386 e. The number of guanidine groups is 1. The number of hydrogen-bond donors (Lipinski definition) is 4. The van der Waals surface area contributed by atoms with E-state index in [1.54, 1.807) is 0 Å². The second kappa shape index (κ2) is 5.83. The molecule has 0 aromatic heterocycles. The summed E-state index contributed by atoms with van der Waals surface area (Å²) in [5, 5.41) is 13.5. The maximum atomic E-state index is 6.79. The minimum absolute atomic E-state index is 0.0125. The number of nitrogens with two attached hydrogens (primary N) is 3. The van der Waals surface area contributed by atoms with Crippen molar-refractivity contribution in [3.8, 4) is 0 Å². The van der Waals surface area contributed by atoms with Crippen LogP contribution >= 0.6 is 0 Å². The third kappa shape index (κ3) is 8.08. The van der Waals surface area contributed by atoms with Gasteiger partial charge in [-0.25, -0.2) is 0 Å². The lowest BCUT2D eigenvalue weighted by atomic mass is 10.6. The van der Waals surface area contributed by atoms with Crippen LogP contribution in [-0.4, -0.2) is 30.8 Å². The van der Waals surface area contributed by atoms with Crippen molar-refractivity contribution in [3.63, 3.8) is 0 Å². The number of nitrogens with zero attached hydrogens (tertiary/aromatic N) is 3. The molecule has 0 bridgehead atoms. The minimum atomic E-state index is -0.119. The van der Waals surface area contributed by atoms with E-state index in [-0.39, 0.29) is 18.3 Å². The van der Waals surface area contributed by atoms with Crippen LogP contribution in [0, 0.1) is 5.41 Å². The summed E-state index contributed by atoms with van der Waals surface area (Å²) in [5.74, 6) is -0.132. The van der Waals surface area contributed by atoms with E-state index in [2.05, 4.69) is 15.2 Å². The Labute approximate surface area is 69.6 Å². The lowest BCUT2D eigenvalue weighted by Crippen LogP contribution is -2.21. The van der Waals surface area contributed by atoms with Crippen LogP contribution in [-0.2, 0) is 0 Å². The molecule has 0 saturated carbocycles. The van der Waals surface area contributed by atoms with Crippen LogP contribution in [0.5, 0.6) is 0 Å². The van der Waals surface area contributed by atoms with Gasteiger partial charge in [0.1, 0.15) is 5.84 Å². The lowest BCUT2D eigenvalue weighted by molar-refractivity contribution is 1.22. The van der Waals surface area contributed by atoms with Gasteiger partial charge in [-0.15, -0.1) is 5.10 Å². The van der Waals surface area contributed by atoms with Crippen LogP contribution in [0.15, 0.2) is 15.2 Å². The maximum absolute atomic E-state index is 6.79. The first-order valence-electron chi connectivity index (χ1n) is 3.06. The van der Waals surface area contributed by atoms with Gasteiger partial charge in [0.2, 0.25) is 5.96 Å². The second-order valence-electron chi connectivity index (χ2n) is 1.80. The van der Waals surface area contributed by atoms with Gasteiger partial charge in [-0.3, -0.25) is 10.4 Å². The van der Waals surface area contributed by atoms with E-state index in [1.807, 2.05) is 0 Å². The van der Waals surface area contributed by atoms with E-state index in [1.165, 1.54) is 12.4 Å². The summed E-state index contributed by atoms with van der Waals surface area (Å²) in [6.07, 6.45) is 2.65. The summed E-state index contributed by atoms with van der Waals surface area (Å²) in [5.41, 5.74) is 15.0. The molecule has 0 aliphatic heterocycles. The van der Waals surface area contributed by atoms with Gasteiger partial charge in [-0.1, -0.05) is 0 Å².